The van der Waals surface area contributed by atoms with Gasteiger partial charge in [-0.05, 0) is 43.4 Å². The number of benzene rings is 1. The van der Waals surface area contributed by atoms with Crippen LogP contribution in [0, 0.1) is 0 Å². The Morgan fingerprint density at radius 3 is 2.33 bits per heavy atom. The summed E-state index contributed by atoms with van der Waals surface area (Å²) in [5.74, 6) is -0.379. The fraction of sp³-hybridized carbons (Fsp3) is 0.500. The monoisotopic (exact) mass is 247 g/mol. The summed E-state index contributed by atoms with van der Waals surface area (Å²) in [5.41, 5.74) is 12.8. The number of hydrogen-bond acceptors (Lipinski definition) is 3. The second-order valence-corrected chi connectivity index (χ2v) is 5.05. The maximum atomic E-state index is 10.9. The fourth-order valence-corrected chi connectivity index (χ4v) is 2.37. The van der Waals surface area contributed by atoms with Crippen LogP contribution in [0.5, 0.6) is 0 Å². The molecule has 1 aromatic rings. The van der Waals surface area contributed by atoms with Crippen molar-refractivity contribution in [3.63, 3.8) is 0 Å². The van der Waals surface area contributed by atoms with Crippen LogP contribution in [0.2, 0.25) is 0 Å². The molecule has 4 nitrogen and oxygen atoms in total. The van der Waals surface area contributed by atoms with Crippen LogP contribution in [-0.2, 0) is 6.54 Å². The molecule has 0 atom stereocenters. The van der Waals surface area contributed by atoms with Crippen LogP contribution in [0.1, 0.15) is 41.6 Å². The Bertz CT molecular complexity index is 394. The Morgan fingerprint density at radius 1 is 1.17 bits per heavy atom. The molecule has 1 amide bonds. The average Bonchev–Trinajstić information content (AvgIpc) is 2.38. The van der Waals surface area contributed by atoms with Crippen molar-refractivity contribution in [3.8, 4) is 0 Å². The normalized spacial score (nSPS) is 23.8. The van der Waals surface area contributed by atoms with Crippen LogP contribution in [0.3, 0.4) is 0 Å². The number of hydrogen-bond donors (Lipinski definition) is 3. The van der Waals surface area contributed by atoms with Gasteiger partial charge in [-0.2, -0.15) is 0 Å². The van der Waals surface area contributed by atoms with E-state index in [4.69, 9.17) is 11.5 Å². The number of primary amides is 1. The second kappa shape index (κ2) is 5.98. The summed E-state index contributed by atoms with van der Waals surface area (Å²) < 4.78 is 0. The molecule has 2 rings (SSSR count). The molecule has 98 valence electrons. The highest BCUT2D eigenvalue weighted by Crippen LogP contribution is 2.17. The third-order valence-electron chi connectivity index (χ3n) is 3.61. The lowest BCUT2D eigenvalue weighted by Gasteiger charge is -2.27. The topological polar surface area (TPSA) is 81.1 Å². The van der Waals surface area contributed by atoms with Crippen molar-refractivity contribution in [1.82, 2.24) is 5.32 Å². The van der Waals surface area contributed by atoms with E-state index in [1.54, 1.807) is 12.1 Å². The molecule has 1 aliphatic carbocycles. The molecule has 5 N–H and O–H groups in total. The van der Waals surface area contributed by atoms with Gasteiger partial charge in [-0.1, -0.05) is 12.1 Å². The smallest absolute Gasteiger partial charge is 0.248 e. The number of carbonyl (C=O) groups excluding carboxylic acids is 1. The van der Waals surface area contributed by atoms with Crippen LogP contribution in [0.4, 0.5) is 0 Å². The number of nitrogens with two attached hydrogens (primary N) is 2. The first-order valence-corrected chi connectivity index (χ1v) is 6.53. The Labute approximate surface area is 108 Å². The first-order chi connectivity index (χ1) is 8.65. The number of rotatable bonds is 4. The van der Waals surface area contributed by atoms with Crippen molar-refractivity contribution < 1.29 is 4.79 Å². The predicted octanol–water partition coefficient (Wildman–Crippen LogP) is 1.14. The molecule has 0 bridgehead atoms. The van der Waals surface area contributed by atoms with Crippen molar-refractivity contribution >= 4 is 5.91 Å². The van der Waals surface area contributed by atoms with Gasteiger partial charge >= 0.3 is 0 Å². The predicted molar refractivity (Wildman–Crippen MR) is 72.0 cm³/mol. The molecule has 0 aromatic heterocycles. The van der Waals surface area contributed by atoms with E-state index in [-0.39, 0.29) is 5.91 Å². The van der Waals surface area contributed by atoms with Crippen LogP contribution in [-0.4, -0.2) is 18.0 Å². The highest BCUT2D eigenvalue weighted by molar-refractivity contribution is 5.92. The summed E-state index contributed by atoms with van der Waals surface area (Å²) in [6.07, 6.45) is 4.53. The van der Waals surface area contributed by atoms with Gasteiger partial charge in [0.05, 0.1) is 0 Å². The van der Waals surface area contributed by atoms with E-state index in [2.05, 4.69) is 5.32 Å². The van der Waals surface area contributed by atoms with Gasteiger partial charge in [0, 0.05) is 24.2 Å². The summed E-state index contributed by atoms with van der Waals surface area (Å²) in [5, 5.41) is 3.54. The zero-order chi connectivity index (χ0) is 13.0. The molecule has 0 heterocycles. The molecule has 0 unspecified atom stereocenters. The maximum absolute atomic E-state index is 10.9. The van der Waals surface area contributed by atoms with Crippen molar-refractivity contribution in [2.24, 2.45) is 11.5 Å². The number of carbonyl (C=O) groups is 1. The summed E-state index contributed by atoms with van der Waals surface area (Å²) in [7, 11) is 0. The molecule has 1 aromatic carbocycles. The average molecular weight is 247 g/mol. The van der Waals surface area contributed by atoms with E-state index in [1.807, 2.05) is 12.1 Å². The van der Waals surface area contributed by atoms with Gasteiger partial charge in [0.1, 0.15) is 0 Å². The van der Waals surface area contributed by atoms with E-state index < -0.39 is 0 Å². The summed E-state index contributed by atoms with van der Waals surface area (Å²) in [6, 6.07) is 8.40. The number of nitrogens with one attached hydrogen (secondary N) is 1. The highest BCUT2D eigenvalue weighted by Gasteiger charge is 2.17. The second-order valence-electron chi connectivity index (χ2n) is 5.05. The molecule has 1 aliphatic rings. The molecule has 4 heteroatoms. The number of amides is 1. The van der Waals surface area contributed by atoms with Gasteiger partial charge in [0.25, 0.3) is 0 Å². The van der Waals surface area contributed by atoms with E-state index in [1.165, 1.54) is 5.56 Å². The van der Waals surface area contributed by atoms with E-state index in [9.17, 15) is 4.79 Å². The summed E-state index contributed by atoms with van der Waals surface area (Å²) in [4.78, 5) is 10.9. The minimum absolute atomic E-state index is 0.379. The van der Waals surface area contributed by atoms with Gasteiger partial charge < -0.3 is 16.8 Å². The lowest BCUT2D eigenvalue weighted by Crippen LogP contribution is -2.37. The maximum Gasteiger partial charge on any atom is 0.248 e. The van der Waals surface area contributed by atoms with Crippen LogP contribution >= 0.6 is 0 Å². The lowest BCUT2D eigenvalue weighted by molar-refractivity contribution is 0.100. The Balaban J connectivity index is 1.81. The van der Waals surface area contributed by atoms with E-state index in [0.29, 0.717) is 17.6 Å². The third-order valence-corrected chi connectivity index (χ3v) is 3.61. The third kappa shape index (κ3) is 3.55. The van der Waals surface area contributed by atoms with Gasteiger partial charge in [-0.25, -0.2) is 0 Å². The highest BCUT2D eigenvalue weighted by atomic mass is 16.1. The zero-order valence-corrected chi connectivity index (χ0v) is 10.6. The molecule has 0 aliphatic heterocycles. The van der Waals surface area contributed by atoms with Crippen molar-refractivity contribution in [3.05, 3.63) is 35.4 Å². The van der Waals surface area contributed by atoms with Gasteiger partial charge in [-0.15, -0.1) is 0 Å². The first-order valence-electron chi connectivity index (χ1n) is 6.53. The minimum Gasteiger partial charge on any atom is -0.366 e. The van der Waals surface area contributed by atoms with Crippen LogP contribution < -0.4 is 16.8 Å². The molecule has 0 radical (unpaired) electrons. The Hall–Kier alpha value is -1.39. The van der Waals surface area contributed by atoms with Crippen molar-refractivity contribution in [2.75, 3.05) is 0 Å². The van der Waals surface area contributed by atoms with Gasteiger partial charge in [0.2, 0.25) is 5.91 Å². The molecule has 18 heavy (non-hydrogen) atoms. The molecule has 0 spiro atoms. The molecule has 1 saturated carbocycles. The molecule has 0 saturated heterocycles. The van der Waals surface area contributed by atoms with E-state index in [0.717, 1.165) is 32.2 Å². The van der Waals surface area contributed by atoms with Crippen LogP contribution in [0.15, 0.2) is 24.3 Å². The Kier molecular flexibility index (Phi) is 4.33. The zero-order valence-electron chi connectivity index (χ0n) is 10.6. The van der Waals surface area contributed by atoms with E-state index >= 15 is 0 Å². The van der Waals surface area contributed by atoms with Gasteiger partial charge in [0.15, 0.2) is 0 Å². The largest absolute Gasteiger partial charge is 0.366 e. The van der Waals surface area contributed by atoms with Crippen molar-refractivity contribution in [2.45, 2.75) is 44.3 Å². The fourth-order valence-electron chi connectivity index (χ4n) is 2.37. The minimum atomic E-state index is -0.379. The van der Waals surface area contributed by atoms with Gasteiger partial charge in [-0.3, -0.25) is 4.79 Å². The summed E-state index contributed by atoms with van der Waals surface area (Å²) in [6.45, 7) is 0.832. The SMILES string of the molecule is NC(=O)c1ccc(CNC2CCC(N)CC2)cc1. The molecular weight excluding hydrogens is 226 g/mol. The Morgan fingerprint density at radius 2 is 1.78 bits per heavy atom. The van der Waals surface area contributed by atoms with Crippen LogP contribution in [0.25, 0.3) is 0 Å². The quantitative estimate of drug-likeness (QED) is 0.746. The lowest BCUT2D eigenvalue weighted by atomic mass is 9.92. The standard InChI is InChI=1S/C14H21N3O/c15-12-5-7-13(8-6-12)17-9-10-1-3-11(4-2-10)14(16)18/h1-4,12-13,17H,5-9,15H2,(H2,16,18). The van der Waals surface area contributed by atoms with Crippen molar-refractivity contribution in [1.29, 1.82) is 0 Å². The summed E-state index contributed by atoms with van der Waals surface area (Å²) >= 11 is 0. The molecular formula is C14H21N3O. The first kappa shape index (κ1) is 13.1. The molecule has 1 fully saturated rings.